The third-order valence-corrected chi connectivity index (χ3v) is 1.92. The molecule has 0 aromatic rings. The Morgan fingerprint density at radius 3 is 2.67 bits per heavy atom. The Morgan fingerprint density at radius 2 is 2.13 bits per heavy atom. The highest BCUT2D eigenvalue weighted by molar-refractivity contribution is 5.81. The number of nitrogens with zero attached hydrogens (tertiary/aromatic N) is 1. The molecule has 0 saturated carbocycles. The van der Waals surface area contributed by atoms with E-state index in [0.717, 1.165) is 19.2 Å². The number of esters is 2. The SMILES string of the molecule is C=CC(=O)OC(C)OC(=O)CCN1CC1. The quantitative estimate of drug-likeness (QED) is 0.275. The van der Waals surface area contributed by atoms with Crippen LogP contribution in [-0.2, 0) is 19.1 Å². The van der Waals surface area contributed by atoms with Gasteiger partial charge in [-0.3, -0.25) is 4.79 Å². The second kappa shape index (κ2) is 5.50. The molecule has 0 radical (unpaired) electrons. The predicted octanol–water partition coefficient (Wildman–Crippen LogP) is 0.310. The Kier molecular flexibility index (Phi) is 4.30. The second-order valence-corrected chi connectivity index (χ2v) is 3.29. The van der Waals surface area contributed by atoms with E-state index in [4.69, 9.17) is 4.74 Å². The Morgan fingerprint density at radius 1 is 1.47 bits per heavy atom. The molecule has 15 heavy (non-hydrogen) atoms. The molecule has 84 valence electrons. The zero-order valence-corrected chi connectivity index (χ0v) is 8.77. The first-order valence-corrected chi connectivity index (χ1v) is 4.86. The lowest BCUT2D eigenvalue weighted by Gasteiger charge is -2.12. The van der Waals surface area contributed by atoms with Crippen molar-refractivity contribution in [2.24, 2.45) is 0 Å². The summed E-state index contributed by atoms with van der Waals surface area (Å²) in [7, 11) is 0. The lowest BCUT2D eigenvalue weighted by atomic mass is 10.4. The van der Waals surface area contributed by atoms with E-state index >= 15 is 0 Å². The number of carbonyl (C=O) groups is 2. The van der Waals surface area contributed by atoms with Gasteiger partial charge in [0.05, 0.1) is 6.42 Å². The van der Waals surface area contributed by atoms with E-state index in [1.165, 1.54) is 6.92 Å². The summed E-state index contributed by atoms with van der Waals surface area (Å²) in [5.41, 5.74) is 0. The molecule has 1 atom stereocenters. The minimum atomic E-state index is -0.850. The summed E-state index contributed by atoms with van der Waals surface area (Å²) in [4.78, 5) is 24.0. The summed E-state index contributed by atoms with van der Waals surface area (Å²) in [6.07, 6.45) is 0.508. The van der Waals surface area contributed by atoms with Gasteiger partial charge in [0.1, 0.15) is 0 Å². The first-order chi connectivity index (χ1) is 7.11. The molecular formula is C10H15NO4. The van der Waals surface area contributed by atoms with Crippen LogP contribution in [0.25, 0.3) is 0 Å². The van der Waals surface area contributed by atoms with Gasteiger partial charge in [0.25, 0.3) is 0 Å². The molecular weight excluding hydrogens is 198 g/mol. The normalized spacial score (nSPS) is 16.6. The first-order valence-electron chi connectivity index (χ1n) is 4.86. The Bertz CT molecular complexity index is 260. The van der Waals surface area contributed by atoms with Crippen LogP contribution < -0.4 is 0 Å². The van der Waals surface area contributed by atoms with Crippen LogP contribution in [0.4, 0.5) is 0 Å². The molecule has 1 unspecified atom stereocenters. The van der Waals surface area contributed by atoms with Crippen molar-refractivity contribution in [3.63, 3.8) is 0 Å². The van der Waals surface area contributed by atoms with E-state index < -0.39 is 12.3 Å². The van der Waals surface area contributed by atoms with E-state index in [2.05, 4.69) is 16.2 Å². The highest BCUT2D eigenvalue weighted by atomic mass is 16.7. The summed E-state index contributed by atoms with van der Waals surface area (Å²) in [5.74, 6) is -0.951. The van der Waals surface area contributed by atoms with Gasteiger partial charge in [-0.1, -0.05) is 6.58 Å². The van der Waals surface area contributed by atoms with Crippen LogP contribution in [0.3, 0.4) is 0 Å². The zero-order valence-electron chi connectivity index (χ0n) is 8.77. The Labute approximate surface area is 88.6 Å². The third kappa shape index (κ3) is 5.17. The molecule has 0 N–H and O–H groups in total. The molecule has 0 aromatic heterocycles. The molecule has 0 aromatic carbocycles. The van der Waals surface area contributed by atoms with Crippen LogP contribution in [0.2, 0.25) is 0 Å². The molecule has 1 fully saturated rings. The molecule has 5 nitrogen and oxygen atoms in total. The fourth-order valence-corrected chi connectivity index (χ4v) is 1.02. The average Bonchev–Trinajstić information content (AvgIpc) is 2.97. The third-order valence-electron chi connectivity index (χ3n) is 1.92. The maximum absolute atomic E-state index is 11.2. The molecule has 0 spiro atoms. The molecule has 1 aliphatic heterocycles. The van der Waals surface area contributed by atoms with E-state index in [-0.39, 0.29) is 5.97 Å². The average molecular weight is 213 g/mol. The minimum absolute atomic E-state index is 0.329. The fourth-order valence-electron chi connectivity index (χ4n) is 1.02. The van der Waals surface area contributed by atoms with Gasteiger partial charge < -0.3 is 14.4 Å². The maximum Gasteiger partial charge on any atom is 0.333 e. The van der Waals surface area contributed by atoms with Crippen molar-refractivity contribution in [1.29, 1.82) is 0 Å². The van der Waals surface area contributed by atoms with Crippen LogP contribution in [0.5, 0.6) is 0 Å². The van der Waals surface area contributed by atoms with Crippen LogP contribution in [0.1, 0.15) is 13.3 Å². The van der Waals surface area contributed by atoms with Crippen LogP contribution in [0, 0.1) is 0 Å². The molecule has 1 saturated heterocycles. The number of hydrogen-bond donors (Lipinski definition) is 0. The van der Waals surface area contributed by atoms with E-state index in [0.29, 0.717) is 13.0 Å². The lowest BCUT2D eigenvalue weighted by Crippen LogP contribution is -2.22. The van der Waals surface area contributed by atoms with Gasteiger partial charge >= 0.3 is 11.9 Å². The highest BCUT2D eigenvalue weighted by Gasteiger charge is 2.19. The van der Waals surface area contributed by atoms with Crippen molar-refractivity contribution in [1.82, 2.24) is 4.90 Å². The monoisotopic (exact) mass is 213 g/mol. The number of ether oxygens (including phenoxy) is 2. The zero-order chi connectivity index (χ0) is 11.3. The number of hydrogen-bond acceptors (Lipinski definition) is 5. The molecule has 0 amide bonds. The van der Waals surface area contributed by atoms with Crippen molar-refractivity contribution in [2.45, 2.75) is 19.6 Å². The lowest BCUT2D eigenvalue weighted by molar-refractivity contribution is -0.181. The Hall–Kier alpha value is -1.36. The van der Waals surface area contributed by atoms with Gasteiger partial charge in [0.2, 0.25) is 6.29 Å². The standard InChI is InChI=1S/C10H15NO4/c1-3-9(12)14-8(2)15-10(13)4-5-11-6-7-11/h3,8H,1,4-7H2,2H3. The first kappa shape index (κ1) is 11.7. The fraction of sp³-hybridized carbons (Fsp3) is 0.600. The Balaban J connectivity index is 2.11. The van der Waals surface area contributed by atoms with Gasteiger partial charge in [0.15, 0.2) is 0 Å². The van der Waals surface area contributed by atoms with Crippen molar-refractivity contribution in [3.05, 3.63) is 12.7 Å². The van der Waals surface area contributed by atoms with Gasteiger partial charge in [0, 0.05) is 32.6 Å². The molecule has 1 rings (SSSR count). The topological polar surface area (TPSA) is 55.6 Å². The molecule has 0 bridgehead atoms. The summed E-state index contributed by atoms with van der Waals surface area (Å²) in [6, 6.07) is 0. The van der Waals surface area contributed by atoms with Gasteiger partial charge in [-0.05, 0) is 0 Å². The van der Waals surface area contributed by atoms with Crippen LogP contribution >= 0.6 is 0 Å². The molecule has 5 heteroatoms. The van der Waals surface area contributed by atoms with E-state index in [1.807, 2.05) is 0 Å². The predicted molar refractivity (Wildman–Crippen MR) is 52.9 cm³/mol. The second-order valence-electron chi connectivity index (χ2n) is 3.29. The van der Waals surface area contributed by atoms with Crippen molar-refractivity contribution >= 4 is 11.9 Å². The molecule has 1 heterocycles. The van der Waals surface area contributed by atoms with E-state index in [1.54, 1.807) is 0 Å². The smallest absolute Gasteiger partial charge is 0.333 e. The summed E-state index contributed by atoms with van der Waals surface area (Å²) < 4.78 is 9.52. The summed E-state index contributed by atoms with van der Waals surface area (Å²) in [6.45, 7) is 7.54. The molecule has 0 aliphatic carbocycles. The minimum Gasteiger partial charge on any atom is -0.425 e. The molecule has 1 aliphatic rings. The van der Waals surface area contributed by atoms with Gasteiger partial charge in [-0.25, -0.2) is 4.79 Å². The highest BCUT2D eigenvalue weighted by Crippen LogP contribution is 2.05. The summed E-state index contributed by atoms with van der Waals surface area (Å²) >= 11 is 0. The largest absolute Gasteiger partial charge is 0.425 e. The van der Waals surface area contributed by atoms with Crippen molar-refractivity contribution < 1.29 is 19.1 Å². The maximum atomic E-state index is 11.2. The van der Waals surface area contributed by atoms with Crippen LogP contribution in [0.15, 0.2) is 12.7 Å². The summed E-state index contributed by atoms with van der Waals surface area (Å²) in [5, 5.41) is 0. The van der Waals surface area contributed by atoms with E-state index in [9.17, 15) is 9.59 Å². The van der Waals surface area contributed by atoms with Gasteiger partial charge in [-0.15, -0.1) is 0 Å². The van der Waals surface area contributed by atoms with Gasteiger partial charge in [-0.2, -0.15) is 0 Å². The van der Waals surface area contributed by atoms with Crippen LogP contribution in [-0.4, -0.2) is 42.8 Å². The number of rotatable bonds is 6. The van der Waals surface area contributed by atoms with Crippen molar-refractivity contribution in [2.75, 3.05) is 19.6 Å². The number of carbonyl (C=O) groups excluding carboxylic acids is 2. The van der Waals surface area contributed by atoms with Crippen molar-refractivity contribution in [3.8, 4) is 0 Å².